The zero-order valence-corrected chi connectivity index (χ0v) is 15.4. The van der Waals surface area contributed by atoms with E-state index in [-0.39, 0.29) is 11.9 Å². The van der Waals surface area contributed by atoms with Crippen LogP contribution in [0.15, 0.2) is 54.6 Å². The van der Waals surface area contributed by atoms with Crippen LogP contribution in [0, 0.1) is 0 Å². The SMILES string of the molecule is COc1cccc([C@@H](CNC(=O)CCCc2ccccc2)N(C)C)c1. The van der Waals surface area contributed by atoms with Gasteiger partial charge in [-0.15, -0.1) is 0 Å². The predicted molar refractivity (Wildman–Crippen MR) is 102 cm³/mol. The van der Waals surface area contributed by atoms with Gasteiger partial charge in [-0.2, -0.15) is 0 Å². The summed E-state index contributed by atoms with van der Waals surface area (Å²) in [4.78, 5) is 14.3. The number of nitrogens with zero attached hydrogens (tertiary/aromatic N) is 1. The molecular weight excluding hydrogens is 312 g/mol. The second-order valence-corrected chi connectivity index (χ2v) is 6.40. The molecule has 0 bridgehead atoms. The number of ether oxygens (including phenoxy) is 1. The molecule has 0 fully saturated rings. The third-order valence-electron chi connectivity index (χ3n) is 4.31. The summed E-state index contributed by atoms with van der Waals surface area (Å²) < 4.78 is 5.30. The number of rotatable bonds is 9. The van der Waals surface area contributed by atoms with E-state index in [1.807, 2.05) is 50.5 Å². The monoisotopic (exact) mass is 340 g/mol. The number of nitrogens with one attached hydrogen (secondary N) is 1. The van der Waals surface area contributed by atoms with Crippen LogP contribution in [0.5, 0.6) is 5.75 Å². The first-order chi connectivity index (χ1) is 12.1. The average Bonchev–Trinajstić information content (AvgIpc) is 2.62. The Hall–Kier alpha value is -2.33. The highest BCUT2D eigenvalue weighted by atomic mass is 16.5. The Morgan fingerprint density at radius 3 is 2.56 bits per heavy atom. The van der Waals surface area contributed by atoms with Crippen LogP contribution >= 0.6 is 0 Å². The van der Waals surface area contributed by atoms with E-state index in [1.165, 1.54) is 5.56 Å². The van der Waals surface area contributed by atoms with E-state index in [9.17, 15) is 4.79 Å². The van der Waals surface area contributed by atoms with Gasteiger partial charge in [-0.1, -0.05) is 42.5 Å². The summed E-state index contributed by atoms with van der Waals surface area (Å²) in [6, 6.07) is 18.4. The van der Waals surface area contributed by atoms with Crippen molar-refractivity contribution in [2.45, 2.75) is 25.3 Å². The summed E-state index contributed by atoms with van der Waals surface area (Å²) >= 11 is 0. The normalized spacial score (nSPS) is 12.0. The maximum absolute atomic E-state index is 12.2. The molecule has 0 saturated heterocycles. The highest BCUT2D eigenvalue weighted by molar-refractivity contribution is 5.75. The van der Waals surface area contributed by atoms with Crippen LogP contribution in [0.1, 0.15) is 30.0 Å². The van der Waals surface area contributed by atoms with Gasteiger partial charge in [-0.3, -0.25) is 4.79 Å². The summed E-state index contributed by atoms with van der Waals surface area (Å²) in [5, 5.41) is 3.06. The first-order valence-electron chi connectivity index (χ1n) is 8.71. The molecule has 134 valence electrons. The van der Waals surface area contributed by atoms with Crippen molar-refractivity contribution in [3.8, 4) is 5.75 Å². The lowest BCUT2D eigenvalue weighted by atomic mass is 10.1. The number of likely N-dealkylation sites (N-methyl/N-ethyl adjacent to an activating group) is 1. The Morgan fingerprint density at radius 1 is 1.12 bits per heavy atom. The van der Waals surface area contributed by atoms with Crippen molar-refractivity contribution < 1.29 is 9.53 Å². The number of methoxy groups -OCH3 is 1. The fourth-order valence-corrected chi connectivity index (χ4v) is 2.84. The number of hydrogen-bond donors (Lipinski definition) is 1. The van der Waals surface area contributed by atoms with Gasteiger partial charge < -0.3 is 15.0 Å². The van der Waals surface area contributed by atoms with Crippen molar-refractivity contribution in [3.05, 3.63) is 65.7 Å². The molecule has 2 aromatic rings. The largest absolute Gasteiger partial charge is 0.497 e. The van der Waals surface area contributed by atoms with Crippen molar-refractivity contribution in [1.82, 2.24) is 10.2 Å². The molecular formula is C21H28N2O2. The molecule has 2 aromatic carbocycles. The third-order valence-corrected chi connectivity index (χ3v) is 4.31. The van der Waals surface area contributed by atoms with Crippen LogP contribution in [-0.2, 0) is 11.2 Å². The van der Waals surface area contributed by atoms with Crippen molar-refractivity contribution in [1.29, 1.82) is 0 Å². The predicted octanol–water partition coefficient (Wildman–Crippen LogP) is 3.44. The Morgan fingerprint density at radius 2 is 1.88 bits per heavy atom. The van der Waals surface area contributed by atoms with Gasteiger partial charge in [0.1, 0.15) is 5.75 Å². The molecule has 0 spiro atoms. The molecule has 1 amide bonds. The second-order valence-electron chi connectivity index (χ2n) is 6.40. The minimum atomic E-state index is 0.102. The molecule has 25 heavy (non-hydrogen) atoms. The van der Waals surface area contributed by atoms with Crippen LogP contribution in [0.2, 0.25) is 0 Å². The van der Waals surface area contributed by atoms with Gasteiger partial charge in [-0.05, 0) is 50.2 Å². The molecule has 0 aliphatic heterocycles. The van der Waals surface area contributed by atoms with Crippen LogP contribution in [0.25, 0.3) is 0 Å². The second kappa shape index (κ2) is 9.84. The van der Waals surface area contributed by atoms with Crippen LogP contribution in [0.4, 0.5) is 0 Å². The molecule has 0 heterocycles. The molecule has 4 nitrogen and oxygen atoms in total. The standard InChI is InChI=1S/C21H28N2O2/c1-23(2)20(18-12-8-13-19(15-18)25-3)16-22-21(24)14-7-11-17-9-5-4-6-10-17/h4-6,8-10,12-13,15,20H,7,11,14,16H2,1-3H3,(H,22,24)/t20-/m1/s1. The van der Waals surface area contributed by atoms with E-state index in [0.717, 1.165) is 24.2 Å². The zero-order valence-electron chi connectivity index (χ0n) is 15.4. The molecule has 0 saturated carbocycles. The van der Waals surface area contributed by atoms with Crippen LogP contribution < -0.4 is 10.1 Å². The maximum atomic E-state index is 12.2. The topological polar surface area (TPSA) is 41.6 Å². The van der Waals surface area contributed by atoms with Gasteiger partial charge in [0, 0.05) is 13.0 Å². The maximum Gasteiger partial charge on any atom is 0.220 e. The van der Waals surface area contributed by atoms with Gasteiger partial charge in [0.15, 0.2) is 0 Å². The molecule has 1 atom stereocenters. The zero-order chi connectivity index (χ0) is 18.1. The minimum Gasteiger partial charge on any atom is -0.497 e. The summed E-state index contributed by atoms with van der Waals surface area (Å²) in [5.41, 5.74) is 2.41. The molecule has 0 aliphatic rings. The van der Waals surface area contributed by atoms with Gasteiger partial charge in [-0.25, -0.2) is 0 Å². The molecule has 0 radical (unpaired) electrons. The molecule has 2 rings (SSSR count). The third kappa shape index (κ3) is 6.24. The van der Waals surface area contributed by atoms with Gasteiger partial charge >= 0.3 is 0 Å². The number of hydrogen-bond acceptors (Lipinski definition) is 3. The average molecular weight is 340 g/mol. The van der Waals surface area contributed by atoms with Gasteiger partial charge in [0.2, 0.25) is 5.91 Å². The number of aryl methyl sites for hydroxylation is 1. The molecule has 1 N–H and O–H groups in total. The van der Waals surface area contributed by atoms with Crippen molar-refractivity contribution >= 4 is 5.91 Å². The summed E-state index contributed by atoms with van der Waals surface area (Å²) in [7, 11) is 5.70. The molecule has 4 heteroatoms. The van der Waals surface area contributed by atoms with Crippen molar-refractivity contribution in [2.24, 2.45) is 0 Å². The van der Waals surface area contributed by atoms with Crippen molar-refractivity contribution in [2.75, 3.05) is 27.7 Å². The smallest absolute Gasteiger partial charge is 0.220 e. The lowest BCUT2D eigenvalue weighted by molar-refractivity contribution is -0.121. The first-order valence-corrected chi connectivity index (χ1v) is 8.71. The van der Waals surface area contributed by atoms with E-state index < -0.39 is 0 Å². The van der Waals surface area contributed by atoms with Gasteiger partial charge in [0.25, 0.3) is 0 Å². The first kappa shape index (κ1) is 19.0. The minimum absolute atomic E-state index is 0.102. The number of carbonyl (C=O) groups excluding carboxylic acids is 1. The number of amides is 1. The number of carbonyl (C=O) groups is 1. The fourth-order valence-electron chi connectivity index (χ4n) is 2.84. The van der Waals surface area contributed by atoms with E-state index in [0.29, 0.717) is 13.0 Å². The lowest BCUT2D eigenvalue weighted by Crippen LogP contribution is -2.34. The van der Waals surface area contributed by atoms with Crippen molar-refractivity contribution in [3.63, 3.8) is 0 Å². The number of benzene rings is 2. The van der Waals surface area contributed by atoms with Crippen LogP contribution in [0.3, 0.4) is 0 Å². The highest BCUT2D eigenvalue weighted by Crippen LogP contribution is 2.22. The molecule has 0 aromatic heterocycles. The molecule has 0 unspecified atom stereocenters. The summed E-state index contributed by atoms with van der Waals surface area (Å²) in [6.07, 6.45) is 2.34. The fraction of sp³-hybridized carbons (Fsp3) is 0.381. The van der Waals surface area contributed by atoms with E-state index in [4.69, 9.17) is 4.74 Å². The summed E-state index contributed by atoms with van der Waals surface area (Å²) in [6.45, 7) is 0.588. The van der Waals surface area contributed by atoms with E-state index >= 15 is 0 Å². The Kier molecular flexibility index (Phi) is 7.48. The van der Waals surface area contributed by atoms with Crippen LogP contribution in [-0.4, -0.2) is 38.6 Å². The Bertz CT molecular complexity index is 656. The van der Waals surface area contributed by atoms with E-state index in [1.54, 1.807) is 7.11 Å². The highest BCUT2D eigenvalue weighted by Gasteiger charge is 2.15. The molecule has 0 aliphatic carbocycles. The Balaban J connectivity index is 1.82. The Labute approximate surface area is 150 Å². The quantitative estimate of drug-likeness (QED) is 0.760. The lowest BCUT2D eigenvalue weighted by Gasteiger charge is -2.25. The van der Waals surface area contributed by atoms with E-state index in [2.05, 4.69) is 28.4 Å². The summed E-state index contributed by atoms with van der Waals surface area (Å²) in [5.74, 6) is 0.934. The van der Waals surface area contributed by atoms with Gasteiger partial charge in [0.05, 0.1) is 13.2 Å².